The first-order valence-electron chi connectivity index (χ1n) is 12.3. The molecule has 0 spiro atoms. The number of nitrogens with zero attached hydrogens (tertiary/aromatic N) is 4. The van der Waals surface area contributed by atoms with Crippen LogP contribution in [0.15, 0.2) is 55.1 Å². The minimum Gasteiger partial charge on any atom is -0.492 e. The van der Waals surface area contributed by atoms with E-state index in [1.807, 2.05) is 18.2 Å². The highest BCUT2D eigenvalue weighted by Crippen LogP contribution is 2.26. The first-order chi connectivity index (χ1) is 18.5. The van der Waals surface area contributed by atoms with Gasteiger partial charge in [-0.1, -0.05) is 6.07 Å². The maximum Gasteiger partial charge on any atom is 0.246 e. The van der Waals surface area contributed by atoms with Crippen LogP contribution in [0.2, 0.25) is 0 Å². The van der Waals surface area contributed by atoms with E-state index in [1.54, 1.807) is 6.20 Å². The Morgan fingerprint density at radius 2 is 2.03 bits per heavy atom. The molecule has 198 valence electrons. The molecule has 1 fully saturated rings. The number of aromatic nitrogens is 4. The average Bonchev–Trinajstić information content (AvgIpc) is 3.36. The molecule has 1 aliphatic heterocycles. The fraction of sp³-hybridized carbons (Fsp3) is 0.308. The van der Waals surface area contributed by atoms with Crippen LogP contribution in [-0.2, 0) is 16.1 Å². The molecule has 38 heavy (non-hydrogen) atoms. The molecule has 1 saturated heterocycles. The number of fused-ring (bicyclic) bond motifs is 1. The van der Waals surface area contributed by atoms with Crippen molar-refractivity contribution in [1.82, 2.24) is 25.1 Å². The summed E-state index contributed by atoms with van der Waals surface area (Å²) < 4.78 is 39.8. The highest BCUT2D eigenvalue weighted by atomic mass is 19.2. The van der Waals surface area contributed by atoms with Gasteiger partial charge in [0.05, 0.1) is 23.1 Å². The molecule has 3 heterocycles. The van der Waals surface area contributed by atoms with Gasteiger partial charge >= 0.3 is 0 Å². The smallest absolute Gasteiger partial charge is 0.246 e. The molecule has 1 aliphatic rings. The molecule has 0 atom stereocenters. The molecule has 4 aromatic rings. The molecule has 0 unspecified atom stereocenters. The van der Waals surface area contributed by atoms with Gasteiger partial charge in [0, 0.05) is 43.4 Å². The Morgan fingerprint density at radius 3 is 2.89 bits per heavy atom. The van der Waals surface area contributed by atoms with Crippen LogP contribution in [0.1, 0.15) is 12.8 Å². The minimum absolute atomic E-state index is 0.188. The molecule has 0 saturated carbocycles. The normalized spacial score (nSPS) is 13.9. The predicted molar refractivity (Wildman–Crippen MR) is 137 cm³/mol. The number of carbonyl (C=O) groups excluding carboxylic acids is 1. The average molecular weight is 524 g/mol. The number of benzene rings is 2. The minimum atomic E-state index is -1.11. The van der Waals surface area contributed by atoms with Gasteiger partial charge in [-0.3, -0.25) is 9.48 Å². The summed E-state index contributed by atoms with van der Waals surface area (Å²) in [4.78, 5) is 20.9. The molecule has 0 radical (unpaired) electrons. The van der Waals surface area contributed by atoms with Crippen molar-refractivity contribution in [3.05, 3.63) is 66.8 Å². The van der Waals surface area contributed by atoms with Crippen LogP contribution in [0.5, 0.6) is 5.75 Å². The van der Waals surface area contributed by atoms with Crippen molar-refractivity contribution in [2.24, 2.45) is 0 Å². The SMILES string of the molecule is O=C(Cn1cc(Nc2ncnc3cc(OCCNC4CCOCC4)ccc23)cn1)Nc1cccc(F)c1F. The lowest BCUT2D eigenvalue weighted by Gasteiger charge is -2.23. The van der Waals surface area contributed by atoms with Gasteiger partial charge in [0.15, 0.2) is 11.6 Å². The Balaban J connectivity index is 1.17. The van der Waals surface area contributed by atoms with Crippen LogP contribution in [0.4, 0.5) is 26.0 Å². The van der Waals surface area contributed by atoms with Crippen LogP contribution >= 0.6 is 0 Å². The van der Waals surface area contributed by atoms with Crippen LogP contribution in [-0.4, -0.2) is 58.1 Å². The van der Waals surface area contributed by atoms with E-state index in [-0.39, 0.29) is 12.2 Å². The van der Waals surface area contributed by atoms with Crippen LogP contribution in [0.25, 0.3) is 10.9 Å². The molecule has 0 bridgehead atoms. The Bertz CT molecular complexity index is 1410. The second kappa shape index (κ2) is 11.9. The quantitative estimate of drug-likeness (QED) is 0.270. The predicted octanol–water partition coefficient (Wildman–Crippen LogP) is 3.63. The monoisotopic (exact) mass is 523 g/mol. The number of amides is 1. The Morgan fingerprint density at radius 1 is 1.16 bits per heavy atom. The molecular formula is C26H27F2N7O3. The zero-order valence-electron chi connectivity index (χ0n) is 20.5. The number of hydrogen-bond donors (Lipinski definition) is 3. The zero-order chi connectivity index (χ0) is 26.3. The highest BCUT2D eigenvalue weighted by molar-refractivity contribution is 5.92. The first kappa shape index (κ1) is 25.5. The standard InChI is InChI=1S/C26H27F2N7O3/c27-21-2-1-3-22(25(21)28)34-24(36)15-35-14-18(13-32-35)33-26-20-5-4-19(12-23(20)30-16-31-26)38-11-8-29-17-6-9-37-10-7-17/h1-5,12-14,16-17,29H,6-11,15H2,(H,34,36)(H,30,31,33). The van der Waals surface area contributed by atoms with Gasteiger partial charge in [0.25, 0.3) is 0 Å². The van der Waals surface area contributed by atoms with E-state index in [0.29, 0.717) is 35.4 Å². The third kappa shape index (κ3) is 6.39. The number of ether oxygens (including phenoxy) is 2. The molecule has 10 nitrogen and oxygen atoms in total. The molecular weight excluding hydrogens is 496 g/mol. The van der Waals surface area contributed by atoms with Gasteiger partial charge in [-0.15, -0.1) is 0 Å². The van der Waals surface area contributed by atoms with Crippen LogP contribution < -0.4 is 20.7 Å². The molecule has 2 aromatic carbocycles. The van der Waals surface area contributed by atoms with Crippen LogP contribution in [0.3, 0.4) is 0 Å². The summed E-state index contributed by atoms with van der Waals surface area (Å²) in [7, 11) is 0. The van der Waals surface area contributed by atoms with Crippen molar-refractivity contribution in [3.63, 3.8) is 0 Å². The number of halogens is 2. The second-order valence-electron chi connectivity index (χ2n) is 8.79. The lowest BCUT2D eigenvalue weighted by molar-refractivity contribution is -0.116. The van der Waals surface area contributed by atoms with E-state index >= 15 is 0 Å². The Kier molecular flexibility index (Phi) is 8.00. The van der Waals surface area contributed by atoms with Gasteiger partial charge in [-0.25, -0.2) is 18.7 Å². The van der Waals surface area contributed by atoms with Gasteiger partial charge < -0.3 is 25.4 Å². The number of carbonyl (C=O) groups is 1. The topological polar surface area (TPSA) is 115 Å². The van der Waals surface area contributed by atoms with E-state index in [2.05, 4.69) is 31.0 Å². The van der Waals surface area contributed by atoms with Crippen molar-refractivity contribution in [2.45, 2.75) is 25.4 Å². The van der Waals surface area contributed by atoms with Crippen molar-refractivity contribution in [2.75, 3.05) is 37.0 Å². The summed E-state index contributed by atoms with van der Waals surface area (Å²) in [6, 6.07) is 9.66. The van der Waals surface area contributed by atoms with Crippen LogP contribution in [0, 0.1) is 11.6 Å². The van der Waals surface area contributed by atoms with Crippen molar-refractivity contribution < 1.29 is 23.0 Å². The summed E-state index contributed by atoms with van der Waals surface area (Å²) >= 11 is 0. The maximum absolute atomic E-state index is 13.8. The number of anilines is 3. The fourth-order valence-electron chi connectivity index (χ4n) is 4.15. The summed E-state index contributed by atoms with van der Waals surface area (Å²) in [6.07, 6.45) is 6.63. The zero-order valence-corrected chi connectivity index (χ0v) is 20.5. The van der Waals surface area contributed by atoms with E-state index < -0.39 is 17.5 Å². The molecule has 1 amide bonds. The Hall–Kier alpha value is -4.16. The number of rotatable bonds is 10. The van der Waals surface area contributed by atoms with E-state index in [4.69, 9.17) is 9.47 Å². The molecule has 12 heteroatoms. The summed E-state index contributed by atoms with van der Waals surface area (Å²) in [5.41, 5.74) is 1.07. The van der Waals surface area contributed by atoms with Gasteiger partial charge in [0.1, 0.15) is 31.0 Å². The van der Waals surface area contributed by atoms with Gasteiger partial charge in [-0.05, 0) is 37.1 Å². The third-order valence-electron chi connectivity index (χ3n) is 6.06. The Labute approximate surface area is 217 Å². The van der Waals surface area contributed by atoms with Gasteiger partial charge in [0.2, 0.25) is 5.91 Å². The van der Waals surface area contributed by atoms with Crippen molar-refractivity contribution in [3.8, 4) is 5.75 Å². The summed E-state index contributed by atoms with van der Waals surface area (Å²) in [5.74, 6) is -1.42. The van der Waals surface area contributed by atoms with E-state index in [9.17, 15) is 13.6 Å². The van der Waals surface area contributed by atoms with E-state index in [0.717, 1.165) is 44.1 Å². The maximum atomic E-state index is 13.8. The largest absolute Gasteiger partial charge is 0.492 e. The number of nitrogens with one attached hydrogen (secondary N) is 3. The summed E-state index contributed by atoms with van der Waals surface area (Å²) in [6.45, 7) is 2.70. The molecule has 5 rings (SSSR count). The summed E-state index contributed by atoms with van der Waals surface area (Å²) in [5, 5.41) is 14.0. The lowest BCUT2D eigenvalue weighted by Crippen LogP contribution is -2.37. The molecule has 2 aromatic heterocycles. The van der Waals surface area contributed by atoms with Crippen molar-refractivity contribution in [1.29, 1.82) is 0 Å². The number of hydrogen-bond acceptors (Lipinski definition) is 8. The highest BCUT2D eigenvalue weighted by Gasteiger charge is 2.14. The fourth-order valence-corrected chi connectivity index (χ4v) is 4.15. The molecule has 3 N–H and O–H groups in total. The van der Waals surface area contributed by atoms with Crippen molar-refractivity contribution >= 4 is 34.0 Å². The van der Waals surface area contributed by atoms with Gasteiger partial charge in [-0.2, -0.15) is 5.10 Å². The lowest BCUT2D eigenvalue weighted by atomic mass is 10.1. The molecule has 0 aliphatic carbocycles. The third-order valence-corrected chi connectivity index (χ3v) is 6.06. The van der Waals surface area contributed by atoms with E-state index in [1.165, 1.54) is 29.3 Å². The second-order valence-corrected chi connectivity index (χ2v) is 8.79. The first-order valence-corrected chi connectivity index (χ1v) is 12.3.